The summed E-state index contributed by atoms with van der Waals surface area (Å²) in [7, 11) is 0. The van der Waals surface area contributed by atoms with Crippen LogP contribution in [0.3, 0.4) is 0 Å². The summed E-state index contributed by atoms with van der Waals surface area (Å²) in [5.41, 5.74) is 6.47. The van der Waals surface area contributed by atoms with Crippen molar-refractivity contribution in [3.63, 3.8) is 0 Å². The minimum absolute atomic E-state index is 0.305. The van der Waals surface area contributed by atoms with Crippen LogP contribution in [-0.2, 0) is 0 Å². The zero-order valence-electron chi connectivity index (χ0n) is 12.0. The van der Waals surface area contributed by atoms with Crippen LogP contribution in [0.1, 0.15) is 33.1 Å². The summed E-state index contributed by atoms with van der Waals surface area (Å²) in [4.78, 5) is 5.31. The van der Waals surface area contributed by atoms with E-state index in [1.807, 2.05) is 0 Å². The van der Waals surface area contributed by atoms with Crippen molar-refractivity contribution in [2.45, 2.75) is 43.9 Å². The van der Waals surface area contributed by atoms with Gasteiger partial charge in [-0.2, -0.15) is 11.8 Å². The molecular weight excluding hydrogens is 242 g/mol. The number of thioether (sulfide) groups is 1. The summed E-state index contributed by atoms with van der Waals surface area (Å²) in [6.45, 7) is 11.7. The van der Waals surface area contributed by atoms with Gasteiger partial charge in [0.15, 0.2) is 0 Å². The van der Waals surface area contributed by atoms with Gasteiger partial charge >= 0.3 is 0 Å². The van der Waals surface area contributed by atoms with Gasteiger partial charge in [0.2, 0.25) is 0 Å². The summed E-state index contributed by atoms with van der Waals surface area (Å²) < 4.78 is 0. The lowest BCUT2D eigenvalue weighted by Crippen LogP contribution is -2.62. The van der Waals surface area contributed by atoms with Crippen molar-refractivity contribution < 1.29 is 0 Å². The molecule has 2 aliphatic rings. The van der Waals surface area contributed by atoms with E-state index < -0.39 is 0 Å². The highest BCUT2D eigenvalue weighted by Gasteiger charge is 2.39. The third kappa shape index (κ3) is 3.21. The van der Waals surface area contributed by atoms with E-state index in [0.717, 1.165) is 11.8 Å². The second kappa shape index (κ2) is 6.60. The summed E-state index contributed by atoms with van der Waals surface area (Å²) in [5, 5.41) is 0.774. The minimum Gasteiger partial charge on any atom is -0.329 e. The van der Waals surface area contributed by atoms with Crippen LogP contribution in [0.25, 0.3) is 0 Å². The number of hydrogen-bond acceptors (Lipinski definition) is 4. The van der Waals surface area contributed by atoms with Crippen molar-refractivity contribution in [1.82, 2.24) is 9.80 Å². The van der Waals surface area contributed by atoms with E-state index in [9.17, 15) is 0 Å². The molecule has 0 saturated carbocycles. The molecule has 2 rings (SSSR count). The Morgan fingerprint density at radius 3 is 2.56 bits per heavy atom. The molecule has 0 radical (unpaired) electrons. The lowest BCUT2D eigenvalue weighted by Gasteiger charge is -2.50. The normalized spacial score (nSPS) is 30.5. The van der Waals surface area contributed by atoms with Crippen LogP contribution in [-0.4, -0.2) is 65.6 Å². The summed E-state index contributed by atoms with van der Waals surface area (Å²) in [6, 6.07) is 0. The van der Waals surface area contributed by atoms with Crippen molar-refractivity contribution in [3.8, 4) is 0 Å². The van der Waals surface area contributed by atoms with E-state index in [1.165, 1.54) is 57.7 Å². The molecule has 0 spiro atoms. The third-order valence-corrected chi connectivity index (χ3v) is 5.75. The molecule has 0 aromatic carbocycles. The number of piperidine rings is 1. The highest BCUT2D eigenvalue weighted by atomic mass is 32.2. The van der Waals surface area contributed by atoms with Gasteiger partial charge in [-0.1, -0.05) is 13.8 Å². The van der Waals surface area contributed by atoms with E-state index in [-0.39, 0.29) is 0 Å². The van der Waals surface area contributed by atoms with E-state index in [1.54, 1.807) is 0 Å². The number of nitrogens with zero attached hydrogens (tertiary/aromatic N) is 2. The maximum atomic E-state index is 6.17. The monoisotopic (exact) mass is 271 g/mol. The average Bonchev–Trinajstić information content (AvgIpc) is 2.40. The predicted molar refractivity (Wildman–Crippen MR) is 81.2 cm³/mol. The van der Waals surface area contributed by atoms with Crippen LogP contribution in [0.2, 0.25) is 0 Å². The van der Waals surface area contributed by atoms with Crippen LogP contribution in [0.5, 0.6) is 0 Å². The first-order valence-corrected chi connectivity index (χ1v) is 8.54. The van der Waals surface area contributed by atoms with Gasteiger partial charge in [-0.3, -0.25) is 4.90 Å². The van der Waals surface area contributed by atoms with Crippen molar-refractivity contribution in [3.05, 3.63) is 0 Å². The second-order valence-electron chi connectivity index (χ2n) is 5.90. The molecule has 0 aliphatic carbocycles. The fourth-order valence-corrected chi connectivity index (χ4v) is 4.42. The molecule has 3 nitrogen and oxygen atoms in total. The Labute approximate surface area is 116 Å². The van der Waals surface area contributed by atoms with Gasteiger partial charge in [-0.25, -0.2) is 0 Å². The first-order valence-electron chi connectivity index (χ1n) is 7.49. The number of nitrogens with two attached hydrogens (primary N) is 1. The van der Waals surface area contributed by atoms with Gasteiger partial charge in [-0.15, -0.1) is 0 Å². The minimum atomic E-state index is 0.305. The van der Waals surface area contributed by atoms with Crippen LogP contribution in [0, 0.1) is 0 Å². The fourth-order valence-electron chi connectivity index (χ4n) is 3.41. The Kier molecular flexibility index (Phi) is 5.36. The Bertz CT molecular complexity index is 251. The Morgan fingerprint density at radius 1 is 1.28 bits per heavy atom. The smallest absolute Gasteiger partial charge is 0.0356 e. The SMILES string of the molecule is CCCN1CCC(CN)(N2CCSC(C)C2)CC1. The molecule has 106 valence electrons. The van der Waals surface area contributed by atoms with Crippen LogP contribution in [0.4, 0.5) is 0 Å². The van der Waals surface area contributed by atoms with Gasteiger partial charge in [0.05, 0.1) is 0 Å². The third-order valence-electron chi connectivity index (χ3n) is 4.62. The molecule has 2 N–H and O–H groups in total. The maximum absolute atomic E-state index is 6.17. The Hall–Kier alpha value is 0.230. The highest BCUT2D eigenvalue weighted by Crippen LogP contribution is 2.32. The van der Waals surface area contributed by atoms with E-state index in [2.05, 4.69) is 35.4 Å². The van der Waals surface area contributed by atoms with Crippen LogP contribution < -0.4 is 5.73 Å². The molecule has 0 bridgehead atoms. The van der Waals surface area contributed by atoms with Crippen molar-refractivity contribution in [1.29, 1.82) is 0 Å². The van der Waals surface area contributed by atoms with Gasteiger partial charge in [0.25, 0.3) is 0 Å². The number of likely N-dealkylation sites (tertiary alicyclic amines) is 1. The molecule has 0 aromatic heterocycles. The molecule has 2 fully saturated rings. The topological polar surface area (TPSA) is 32.5 Å². The lowest BCUT2D eigenvalue weighted by molar-refractivity contribution is 0.0297. The zero-order valence-corrected chi connectivity index (χ0v) is 12.8. The maximum Gasteiger partial charge on any atom is 0.0356 e. The van der Waals surface area contributed by atoms with Crippen molar-refractivity contribution in [2.75, 3.05) is 45.0 Å². The quantitative estimate of drug-likeness (QED) is 0.842. The molecule has 4 heteroatoms. The fraction of sp³-hybridized carbons (Fsp3) is 1.00. The van der Waals surface area contributed by atoms with Crippen molar-refractivity contribution >= 4 is 11.8 Å². The summed E-state index contributed by atoms with van der Waals surface area (Å²) >= 11 is 2.11. The van der Waals surface area contributed by atoms with Gasteiger partial charge < -0.3 is 10.6 Å². The highest BCUT2D eigenvalue weighted by molar-refractivity contribution is 7.99. The Morgan fingerprint density at radius 2 is 2.00 bits per heavy atom. The molecule has 0 aromatic rings. The number of hydrogen-bond donors (Lipinski definition) is 1. The van der Waals surface area contributed by atoms with Gasteiger partial charge in [0, 0.05) is 36.2 Å². The predicted octanol–water partition coefficient (Wildman–Crippen LogP) is 1.63. The molecule has 2 heterocycles. The van der Waals surface area contributed by atoms with Gasteiger partial charge in [-0.05, 0) is 38.9 Å². The van der Waals surface area contributed by atoms with E-state index in [0.29, 0.717) is 5.54 Å². The first-order chi connectivity index (χ1) is 8.70. The van der Waals surface area contributed by atoms with Crippen LogP contribution >= 0.6 is 11.8 Å². The number of rotatable bonds is 4. The first kappa shape index (κ1) is 14.6. The molecule has 1 unspecified atom stereocenters. The Balaban J connectivity index is 1.95. The summed E-state index contributed by atoms with van der Waals surface area (Å²) in [6.07, 6.45) is 3.80. The van der Waals surface area contributed by atoms with Crippen LogP contribution in [0.15, 0.2) is 0 Å². The average molecular weight is 271 g/mol. The lowest BCUT2D eigenvalue weighted by atomic mass is 9.85. The van der Waals surface area contributed by atoms with E-state index >= 15 is 0 Å². The molecule has 18 heavy (non-hydrogen) atoms. The van der Waals surface area contributed by atoms with Gasteiger partial charge in [0.1, 0.15) is 0 Å². The summed E-state index contributed by atoms with van der Waals surface area (Å²) in [5.74, 6) is 1.28. The standard InChI is InChI=1S/C14H29N3S/c1-3-6-16-7-4-14(12-15,5-8-16)17-9-10-18-13(2)11-17/h13H,3-12,15H2,1-2H3. The largest absolute Gasteiger partial charge is 0.329 e. The molecule has 2 saturated heterocycles. The zero-order chi connectivity index (χ0) is 13.0. The van der Waals surface area contributed by atoms with E-state index in [4.69, 9.17) is 5.73 Å². The molecule has 1 atom stereocenters. The molecule has 2 aliphatic heterocycles. The second-order valence-corrected chi connectivity index (χ2v) is 7.44. The molecule has 0 amide bonds. The van der Waals surface area contributed by atoms with Crippen molar-refractivity contribution in [2.24, 2.45) is 5.73 Å². The molecular formula is C14H29N3S.